The maximum absolute atomic E-state index is 11.6. The molecule has 0 fully saturated rings. The van der Waals surface area contributed by atoms with E-state index in [2.05, 4.69) is 4.98 Å². The van der Waals surface area contributed by atoms with E-state index in [1.165, 1.54) is 11.8 Å². The molecule has 0 spiro atoms. The molecule has 0 saturated heterocycles. The van der Waals surface area contributed by atoms with Crippen molar-refractivity contribution < 1.29 is 9.21 Å². The summed E-state index contributed by atoms with van der Waals surface area (Å²) in [4.78, 5) is 17.0. The molecule has 3 rings (SSSR count). The lowest BCUT2D eigenvalue weighted by Gasteiger charge is -2.00. The Kier molecular flexibility index (Phi) is 3.56. The lowest BCUT2D eigenvalue weighted by Crippen LogP contribution is -1.95. The van der Waals surface area contributed by atoms with Crippen molar-refractivity contribution in [3.05, 3.63) is 54.1 Å². The number of nitrogens with zero attached hydrogens (tertiary/aromatic N) is 1. The van der Waals surface area contributed by atoms with Crippen LogP contribution in [0.1, 0.15) is 23.7 Å². The number of ketones is 1. The van der Waals surface area contributed by atoms with E-state index in [-0.39, 0.29) is 5.78 Å². The van der Waals surface area contributed by atoms with Gasteiger partial charge in [-0.25, -0.2) is 4.98 Å². The van der Waals surface area contributed by atoms with Gasteiger partial charge in [0.1, 0.15) is 5.52 Å². The van der Waals surface area contributed by atoms with Crippen molar-refractivity contribution in [2.24, 2.45) is 0 Å². The molecule has 0 aliphatic carbocycles. The number of aromatic nitrogens is 1. The maximum atomic E-state index is 11.6. The first-order valence-electron chi connectivity index (χ1n) is 6.43. The Bertz CT molecular complexity index is 714. The van der Waals surface area contributed by atoms with Gasteiger partial charge in [-0.15, -0.1) is 0 Å². The van der Waals surface area contributed by atoms with Gasteiger partial charge in [0, 0.05) is 16.9 Å². The van der Waals surface area contributed by atoms with Crippen molar-refractivity contribution in [3.8, 4) is 0 Å². The minimum Gasteiger partial charge on any atom is -0.431 e. The summed E-state index contributed by atoms with van der Waals surface area (Å²) in [6, 6.07) is 15.2. The van der Waals surface area contributed by atoms with E-state index < -0.39 is 0 Å². The fourth-order valence-electron chi connectivity index (χ4n) is 1.91. The third-order valence-electron chi connectivity index (χ3n) is 2.98. The number of benzene rings is 2. The van der Waals surface area contributed by atoms with Crippen LogP contribution in [0.3, 0.4) is 0 Å². The van der Waals surface area contributed by atoms with Crippen LogP contribution in [0.4, 0.5) is 0 Å². The average Bonchev–Trinajstić information content (AvgIpc) is 2.89. The van der Waals surface area contributed by atoms with E-state index in [9.17, 15) is 4.79 Å². The lowest BCUT2D eigenvalue weighted by molar-refractivity contribution is 0.0988. The number of Topliss-reactive ketones (excluding diaryl/α,β-unsaturated/α-hetero) is 1. The minimum absolute atomic E-state index is 0.156. The van der Waals surface area contributed by atoms with Crippen LogP contribution in [0.2, 0.25) is 0 Å². The van der Waals surface area contributed by atoms with Crippen LogP contribution in [0.25, 0.3) is 11.1 Å². The van der Waals surface area contributed by atoms with Crippen molar-refractivity contribution in [1.82, 2.24) is 4.98 Å². The number of para-hydroxylation sites is 2. The van der Waals surface area contributed by atoms with Gasteiger partial charge >= 0.3 is 0 Å². The monoisotopic (exact) mass is 283 g/mol. The number of fused-ring (bicyclic) bond motifs is 1. The van der Waals surface area contributed by atoms with Crippen molar-refractivity contribution in [3.63, 3.8) is 0 Å². The zero-order valence-corrected chi connectivity index (χ0v) is 11.8. The van der Waals surface area contributed by atoms with Crippen LogP contribution in [0, 0.1) is 0 Å². The molecule has 0 saturated carbocycles. The summed E-state index contributed by atoms with van der Waals surface area (Å²) in [5.74, 6) is 0.156. The molecule has 1 heterocycles. The topological polar surface area (TPSA) is 43.1 Å². The van der Waals surface area contributed by atoms with E-state index >= 15 is 0 Å². The van der Waals surface area contributed by atoms with Gasteiger partial charge in [-0.2, -0.15) is 0 Å². The van der Waals surface area contributed by atoms with Crippen LogP contribution in [-0.2, 0) is 0 Å². The molecular formula is C16H13NO2S. The van der Waals surface area contributed by atoms with Gasteiger partial charge in [-0.3, -0.25) is 4.79 Å². The Labute approximate surface area is 121 Å². The van der Waals surface area contributed by atoms with Crippen LogP contribution in [0.5, 0.6) is 0 Å². The number of carbonyl (C=O) groups is 1. The zero-order chi connectivity index (χ0) is 13.9. The standard InChI is InChI=1S/C16H13NO2S/c1-2-14(18)11-7-9-12(10-8-11)20-16-17-13-5-3-4-6-15(13)19-16/h3-10H,2H2,1H3. The molecule has 2 aromatic carbocycles. The molecule has 0 amide bonds. The van der Waals surface area contributed by atoms with Crippen LogP contribution >= 0.6 is 11.8 Å². The summed E-state index contributed by atoms with van der Waals surface area (Å²) in [6.45, 7) is 1.86. The molecule has 0 aliphatic rings. The largest absolute Gasteiger partial charge is 0.431 e. The SMILES string of the molecule is CCC(=O)c1ccc(Sc2nc3ccccc3o2)cc1. The van der Waals surface area contributed by atoms with Crippen LogP contribution in [0.15, 0.2) is 63.1 Å². The quantitative estimate of drug-likeness (QED) is 0.658. The molecular weight excluding hydrogens is 270 g/mol. The molecule has 0 bridgehead atoms. The van der Waals surface area contributed by atoms with Gasteiger partial charge in [-0.05, 0) is 36.0 Å². The Morgan fingerprint density at radius 2 is 1.90 bits per heavy atom. The highest BCUT2D eigenvalue weighted by Gasteiger charge is 2.08. The van der Waals surface area contributed by atoms with Gasteiger partial charge < -0.3 is 4.42 Å². The summed E-state index contributed by atoms with van der Waals surface area (Å²) in [6.07, 6.45) is 0.525. The molecule has 3 nitrogen and oxygen atoms in total. The summed E-state index contributed by atoms with van der Waals surface area (Å²) in [7, 11) is 0. The number of carbonyl (C=O) groups excluding carboxylic acids is 1. The van der Waals surface area contributed by atoms with E-state index in [0.717, 1.165) is 21.6 Å². The van der Waals surface area contributed by atoms with Gasteiger partial charge in [0.15, 0.2) is 11.4 Å². The van der Waals surface area contributed by atoms with Crippen LogP contribution < -0.4 is 0 Å². The molecule has 0 N–H and O–H groups in total. The average molecular weight is 283 g/mol. The third-order valence-corrected chi connectivity index (χ3v) is 3.83. The smallest absolute Gasteiger partial charge is 0.261 e. The first-order valence-corrected chi connectivity index (χ1v) is 7.24. The minimum atomic E-state index is 0.156. The first kappa shape index (κ1) is 12.9. The predicted molar refractivity (Wildman–Crippen MR) is 79.2 cm³/mol. The fourth-order valence-corrected chi connectivity index (χ4v) is 2.66. The summed E-state index contributed by atoms with van der Waals surface area (Å²) in [5.41, 5.74) is 2.38. The van der Waals surface area contributed by atoms with Crippen molar-refractivity contribution in [1.29, 1.82) is 0 Å². The lowest BCUT2D eigenvalue weighted by atomic mass is 10.1. The van der Waals surface area contributed by atoms with Gasteiger partial charge in [-0.1, -0.05) is 31.2 Å². The third kappa shape index (κ3) is 2.60. The normalized spacial score (nSPS) is 10.8. The van der Waals surface area contributed by atoms with Gasteiger partial charge in [0.05, 0.1) is 0 Å². The summed E-state index contributed by atoms with van der Waals surface area (Å²) in [5, 5.41) is 0.612. The van der Waals surface area contributed by atoms with Gasteiger partial charge in [0.2, 0.25) is 0 Å². The molecule has 20 heavy (non-hydrogen) atoms. The van der Waals surface area contributed by atoms with Crippen molar-refractivity contribution >= 4 is 28.6 Å². The molecule has 3 aromatic rings. The molecule has 4 heteroatoms. The molecule has 1 aromatic heterocycles. The molecule has 0 aliphatic heterocycles. The maximum Gasteiger partial charge on any atom is 0.261 e. The highest BCUT2D eigenvalue weighted by atomic mass is 32.2. The van der Waals surface area contributed by atoms with Crippen molar-refractivity contribution in [2.45, 2.75) is 23.5 Å². The van der Waals surface area contributed by atoms with E-state index in [1.807, 2.05) is 55.5 Å². The Morgan fingerprint density at radius 3 is 2.60 bits per heavy atom. The number of hydrogen-bond acceptors (Lipinski definition) is 4. The van der Waals surface area contributed by atoms with Crippen LogP contribution in [-0.4, -0.2) is 10.8 Å². The second-order valence-corrected chi connectivity index (χ2v) is 5.38. The van der Waals surface area contributed by atoms with Gasteiger partial charge in [0.25, 0.3) is 5.22 Å². The highest BCUT2D eigenvalue weighted by molar-refractivity contribution is 7.99. The Morgan fingerprint density at radius 1 is 1.15 bits per heavy atom. The second kappa shape index (κ2) is 5.51. The number of rotatable bonds is 4. The van der Waals surface area contributed by atoms with E-state index in [4.69, 9.17) is 4.42 Å². The number of oxazole rings is 1. The van der Waals surface area contributed by atoms with E-state index in [0.29, 0.717) is 11.6 Å². The molecule has 100 valence electrons. The zero-order valence-electron chi connectivity index (χ0n) is 11.0. The number of hydrogen-bond donors (Lipinski definition) is 0. The highest BCUT2D eigenvalue weighted by Crippen LogP contribution is 2.29. The second-order valence-electron chi connectivity index (χ2n) is 4.35. The molecule has 0 unspecified atom stereocenters. The Balaban J connectivity index is 1.82. The summed E-state index contributed by atoms with van der Waals surface area (Å²) >= 11 is 1.45. The Hall–Kier alpha value is -2.07. The van der Waals surface area contributed by atoms with Crippen molar-refractivity contribution in [2.75, 3.05) is 0 Å². The molecule has 0 atom stereocenters. The summed E-state index contributed by atoms with van der Waals surface area (Å²) < 4.78 is 5.66. The molecule has 0 radical (unpaired) electrons. The fraction of sp³-hybridized carbons (Fsp3) is 0.125. The first-order chi connectivity index (χ1) is 9.76. The van der Waals surface area contributed by atoms with E-state index in [1.54, 1.807) is 0 Å². The predicted octanol–water partition coefficient (Wildman–Crippen LogP) is 4.57.